The van der Waals surface area contributed by atoms with Gasteiger partial charge in [0.15, 0.2) is 0 Å². The van der Waals surface area contributed by atoms with Crippen molar-refractivity contribution >= 4 is 0 Å². The maximum atomic E-state index is 4.03. The zero-order chi connectivity index (χ0) is 7.72. The van der Waals surface area contributed by atoms with Crippen molar-refractivity contribution in [1.82, 2.24) is 4.90 Å². The van der Waals surface area contributed by atoms with Gasteiger partial charge in [-0.25, -0.2) is 0 Å². The van der Waals surface area contributed by atoms with Gasteiger partial charge in [0.05, 0.1) is 0 Å². The van der Waals surface area contributed by atoms with E-state index in [2.05, 4.69) is 32.7 Å². The molecule has 1 fully saturated rings. The molecule has 0 spiro atoms. The number of rotatable bonds is 0. The van der Waals surface area contributed by atoms with Crippen molar-refractivity contribution in [2.45, 2.75) is 45.7 Å². The Morgan fingerprint density at radius 3 is 1.90 bits per heavy atom. The lowest BCUT2D eigenvalue weighted by Gasteiger charge is -2.38. The fourth-order valence-corrected chi connectivity index (χ4v) is 1.97. The van der Waals surface area contributed by atoms with Gasteiger partial charge in [0.25, 0.3) is 0 Å². The zero-order valence-electron chi connectivity index (χ0n) is 7.30. The van der Waals surface area contributed by atoms with Crippen molar-refractivity contribution in [1.29, 1.82) is 0 Å². The Hall–Kier alpha value is -0.0400. The van der Waals surface area contributed by atoms with Gasteiger partial charge in [-0.1, -0.05) is 6.92 Å². The Labute approximate surface area is 64.4 Å². The molecule has 10 heavy (non-hydrogen) atoms. The molecule has 1 aliphatic heterocycles. The van der Waals surface area contributed by atoms with E-state index in [4.69, 9.17) is 0 Å². The molecule has 0 aromatic heterocycles. The summed E-state index contributed by atoms with van der Waals surface area (Å²) in [7, 11) is 4.03. The molecule has 1 saturated heterocycles. The van der Waals surface area contributed by atoms with Gasteiger partial charge in [-0.3, -0.25) is 4.90 Å². The lowest BCUT2D eigenvalue weighted by atomic mass is 9.89. The summed E-state index contributed by atoms with van der Waals surface area (Å²) in [5.41, 5.74) is 0. The third kappa shape index (κ3) is 1.51. The van der Waals surface area contributed by atoms with Gasteiger partial charge in [0, 0.05) is 19.1 Å². The highest BCUT2D eigenvalue weighted by Gasteiger charge is 2.25. The van der Waals surface area contributed by atoms with E-state index in [0.29, 0.717) is 12.1 Å². The van der Waals surface area contributed by atoms with E-state index in [1.54, 1.807) is 0 Å². The van der Waals surface area contributed by atoms with Crippen LogP contribution in [0.2, 0.25) is 0 Å². The van der Waals surface area contributed by atoms with E-state index < -0.39 is 0 Å². The van der Waals surface area contributed by atoms with E-state index in [1.165, 1.54) is 12.8 Å². The molecule has 1 nitrogen and oxygen atoms in total. The van der Waals surface area contributed by atoms with Crippen LogP contribution in [0.25, 0.3) is 0 Å². The highest BCUT2D eigenvalue weighted by Crippen LogP contribution is 2.25. The number of likely N-dealkylation sites (tertiary alicyclic amines) is 1. The first kappa shape index (κ1) is 8.06. The summed E-state index contributed by atoms with van der Waals surface area (Å²) in [5, 5.41) is 0. The van der Waals surface area contributed by atoms with Crippen LogP contribution in [0.3, 0.4) is 0 Å². The normalized spacial score (nSPS) is 43.8. The third-order valence-electron chi connectivity index (χ3n) is 2.62. The molecule has 2 atom stereocenters. The Kier molecular flexibility index (Phi) is 2.35. The second-order valence-corrected chi connectivity index (χ2v) is 3.79. The van der Waals surface area contributed by atoms with Gasteiger partial charge in [0.1, 0.15) is 0 Å². The topological polar surface area (TPSA) is 3.24 Å². The quantitative estimate of drug-likeness (QED) is 0.499. The van der Waals surface area contributed by atoms with Gasteiger partial charge in [0.2, 0.25) is 0 Å². The molecule has 2 unspecified atom stereocenters. The maximum Gasteiger partial charge on any atom is 0.0115 e. The minimum atomic E-state index is 0.679. The largest absolute Gasteiger partial charge is 0.297 e. The van der Waals surface area contributed by atoms with Crippen molar-refractivity contribution < 1.29 is 0 Å². The summed E-state index contributed by atoms with van der Waals surface area (Å²) in [4.78, 5) is 2.24. The van der Waals surface area contributed by atoms with Gasteiger partial charge < -0.3 is 0 Å². The van der Waals surface area contributed by atoms with Crippen LogP contribution in [0.4, 0.5) is 0 Å². The molecule has 0 N–H and O–H groups in total. The maximum absolute atomic E-state index is 4.03. The van der Waals surface area contributed by atoms with Gasteiger partial charge in [-0.2, -0.15) is 0 Å². The molecule has 0 amide bonds. The molecular weight excluding hydrogens is 122 g/mol. The molecule has 0 aliphatic carbocycles. The average molecular weight is 140 g/mol. The molecule has 0 saturated carbocycles. The zero-order valence-corrected chi connectivity index (χ0v) is 7.30. The van der Waals surface area contributed by atoms with E-state index >= 15 is 0 Å². The van der Waals surface area contributed by atoms with E-state index in [1.807, 2.05) is 0 Å². The fourth-order valence-electron chi connectivity index (χ4n) is 1.97. The molecule has 0 aromatic rings. The SMILES string of the molecule is [CH2]N1C(C)CC(C)CC1C. The monoisotopic (exact) mass is 140 g/mol. The minimum Gasteiger partial charge on any atom is -0.297 e. The number of hydrogen-bond acceptors (Lipinski definition) is 1. The minimum absolute atomic E-state index is 0.679. The Morgan fingerprint density at radius 1 is 1.10 bits per heavy atom. The molecule has 1 rings (SSSR count). The van der Waals surface area contributed by atoms with E-state index in [0.717, 1.165) is 5.92 Å². The first-order chi connectivity index (χ1) is 4.61. The lowest BCUT2D eigenvalue weighted by molar-refractivity contribution is 0.124. The predicted octanol–water partition coefficient (Wildman–Crippen LogP) is 2.29. The molecular formula is C9H18N. The van der Waals surface area contributed by atoms with Gasteiger partial charge in [-0.15, -0.1) is 0 Å². The first-order valence-electron chi connectivity index (χ1n) is 4.20. The molecule has 1 heteroatoms. The standard InChI is InChI=1S/C9H18N/c1-7-5-8(2)10(4)9(3)6-7/h7-9H,4-6H2,1-3H3. The Balaban J connectivity index is 2.49. The average Bonchev–Trinajstić information content (AvgIpc) is 1.82. The van der Waals surface area contributed by atoms with E-state index in [-0.39, 0.29) is 0 Å². The highest BCUT2D eigenvalue weighted by atomic mass is 15.2. The first-order valence-corrected chi connectivity index (χ1v) is 4.20. The van der Waals surface area contributed by atoms with Crippen molar-refractivity contribution in [3.8, 4) is 0 Å². The van der Waals surface area contributed by atoms with Crippen molar-refractivity contribution in [2.75, 3.05) is 0 Å². The van der Waals surface area contributed by atoms with Crippen LogP contribution < -0.4 is 0 Å². The van der Waals surface area contributed by atoms with Crippen molar-refractivity contribution in [3.05, 3.63) is 7.05 Å². The lowest BCUT2D eigenvalue weighted by Crippen LogP contribution is -2.41. The molecule has 1 aliphatic rings. The van der Waals surface area contributed by atoms with Crippen LogP contribution >= 0.6 is 0 Å². The van der Waals surface area contributed by atoms with Crippen molar-refractivity contribution in [3.63, 3.8) is 0 Å². The highest BCUT2D eigenvalue weighted by molar-refractivity contribution is 4.81. The second kappa shape index (κ2) is 2.91. The molecule has 59 valence electrons. The predicted molar refractivity (Wildman–Crippen MR) is 44.5 cm³/mol. The number of nitrogens with zero attached hydrogens (tertiary/aromatic N) is 1. The van der Waals surface area contributed by atoms with Crippen molar-refractivity contribution in [2.24, 2.45) is 5.92 Å². The molecule has 0 bridgehead atoms. The summed E-state index contributed by atoms with van der Waals surface area (Å²) in [6.45, 7) is 6.86. The Morgan fingerprint density at radius 2 is 1.50 bits per heavy atom. The smallest absolute Gasteiger partial charge is 0.0115 e. The summed E-state index contributed by atoms with van der Waals surface area (Å²) in [6.07, 6.45) is 2.63. The van der Waals surface area contributed by atoms with Crippen LogP contribution in [0.1, 0.15) is 33.6 Å². The molecule has 1 radical (unpaired) electrons. The Bertz CT molecular complexity index is 99.3. The van der Waals surface area contributed by atoms with E-state index in [9.17, 15) is 0 Å². The van der Waals surface area contributed by atoms with Crippen LogP contribution in [-0.2, 0) is 0 Å². The fraction of sp³-hybridized carbons (Fsp3) is 0.889. The molecule has 0 aromatic carbocycles. The van der Waals surface area contributed by atoms with Gasteiger partial charge >= 0.3 is 0 Å². The van der Waals surface area contributed by atoms with Crippen LogP contribution in [0.15, 0.2) is 0 Å². The van der Waals surface area contributed by atoms with Crippen LogP contribution in [-0.4, -0.2) is 17.0 Å². The van der Waals surface area contributed by atoms with Gasteiger partial charge in [-0.05, 0) is 32.6 Å². The molecule has 1 heterocycles. The van der Waals surface area contributed by atoms with Crippen LogP contribution in [0.5, 0.6) is 0 Å². The number of hydrogen-bond donors (Lipinski definition) is 0. The third-order valence-corrected chi connectivity index (χ3v) is 2.62. The summed E-state index contributed by atoms with van der Waals surface area (Å²) in [6, 6.07) is 1.36. The van der Waals surface area contributed by atoms with Crippen LogP contribution in [0, 0.1) is 13.0 Å². The second-order valence-electron chi connectivity index (χ2n) is 3.79. The number of piperidine rings is 1. The summed E-state index contributed by atoms with van der Waals surface area (Å²) < 4.78 is 0. The summed E-state index contributed by atoms with van der Waals surface area (Å²) >= 11 is 0. The summed E-state index contributed by atoms with van der Waals surface area (Å²) in [5.74, 6) is 0.892.